The fraction of sp³-hybridized carbons (Fsp3) is 0.720. The Balaban J connectivity index is 1.42. The van der Waals surface area contributed by atoms with Crippen LogP contribution in [0.3, 0.4) is 0 Å². The molecule has 2 saturated heterocycles. The van der Waals surface area contributed by atoms with Gasteiger partial charge in [0, 0.05) is 32.3 Å². The number of thiophene rings is 1. The Kier molecular flexibility index (Phi) is 8.20. The van der Waals surface area contributed by atoms with Crippen LogP contribution < -0.4 is 10.2 Å². The number of nitrogens with zero attached hydrogens (tertiary/aromatic N) is 4. The molecule has 0 bridgehead atoms. The number of likely N-dealkylation sites (tertiary alicyclic amines) is 1. The topological polar surface area (TPSA) is 70.6 Å². The fourth-order valence-corrected chi connectivity index (χ4v) is 6.18. The average molecular weight is 474 g/mol. The number of hydrogen-bond donors (Lipinski definition) is 1. The molecule has 182 valence electrons. The Bertz CT molecular complexity index is 930. The molecule has 8 heteroatoms. The van der Waals surface area contributed by atoms with Crippen molar-refractivity contribution in [1.29, 1.82) is 0 Å². The van der Waals surface area contributed by atoms with Crippen molar-refractivity contribution in [1.82, 2.24) is 20.2 Å². The molecule has 4 rings (SSSR count). The van der Waals surface area contributed by atoms with Crippen LogP contribution in [0.15, 0.2) is 6.33 Å². The zero-order valence-corrected chi connectivity index (χ0v) is 21.4. The molecule has 0 spiro atoms. The summed E-state index contributed by atoms with van der Waals surface area (Å²) < 4.78 is 6.03. The van der Waals surface area contributed by atoms with Gasteiger partial charge >= 0.3 is 0 Å². The van der Waals surface area contributed by atoms with Gasteiger partial charge in [-0.2, -0.15) is 0 Å². The highest BCUT2D eigenvalue weighted by molar-refractivity contribution is 7.20. The smallest absolute Gasteiger partial charge is 0.261 e. The van der Waals surface area contributed by atoms with E-state index < -0.39 is 0 Å². The molecule has 0 aliphatic carbocycles. The number of nitrogens with one attached hydrogen (secondary N) is 1. The molecule has 0 aromatic carbocycles. The predicted octanol–water partition coefficient (Wildman–Crippen LogP) is 4.28. The van der Waals surface area contributed by atoms with Gasteiger partial charge in [0.05, 0.1) is 16.9 Å². The first-order valence-electron chi connectivity index (χ1n) is 12.6. The van der Waals surface area contributed by atoms with Crippen LogP contribution in [0.4, 0.5) is 5.82 Å². The van der Waals surface area contributed by atoms with Gasteiger partial charge in [0.15, 0.2) is 0 Å². The van der Waals surface area contributed by atoms with Gasteiger partial charge in [0.1, 0.15) is 17.0 Å². The van der Waals surface area contributed by atoms with E-state index in [0.29, 0.717) is 5.92 Å². The van der Waals surface area contributed by atoms with E-state index >= 15 is 0 Å². The van der Waals surface area contributed by atoms with E-state index in [2.05, 4.69) is 33.9 Å². The minimum atomic E-state index is -0.00700. The largest absolute Gasteiger partial charge is 0.380 e. The van der Waals surface area contributed by atoms with Crippen LogP contribution in [0.5, 0.6) is 0 Å². The lowest BCUT2D eigenvalue weighted by molar-refractivity contribution is 0.0753. The van der Waals surface area contributed by atoms with Gasteiger partial charge in [-0.05, 0) is 70.0 Å². The van der Waals surface area contributed by atoms with Gasteiger partial charge < -0.3 is 19.9 Å². The van der Waals surface area contributed by atoms with Crippen LogP contribution >= 0.6 is 11.3 Å². The van der Waals surface area contributed by atoms with Crippen LogP contribution in [0.2, 0.25) is 0 Å². The van der Waals surface area contributed by atoms with Gasteiger partial charge in [0.2, 0.25) is 0 Å². The molecule has 2 aromatic heterocycles. The summed E-state index contributed by atoms with van der Waals surface area (Å²) >= 11 is 1.49. The Hall–Kier alpha value is -1.77. The SMILES string of the molecule is CC(C)NC(=O)c1sc2ncnc(N3CCC(COCCN4CCCC4)CC3)c2c1C(C)C. The summed E-state index contributed by atoms with van der Waals surface area (Å²) in [5.74, 6) is 1.80. The molecular formula is C25H39N5O2S. The summed E-state index contributed by atoms with van der Waals surface area (Å²) in [5, 5.41) is 4.12. The van der Waals surface area contributed by atoms with Crippen LogP contribution in [-0.4, -0.2) is 72.8 Å². The van der Waals surface area contributed by atoms with Crippen LogP contribution in [0.25, 0.3) is 10.2 Å². The van der Waals surface area contributed by atoms with Crippen LogP contribution in [0.1, 0.15) is 74.5 Å². The lowest BCUT2D eigenvalue weighted by Gasteiger charge is -2.33. The second-order valence-corrected chi connectivity index (χ2v) is 11.1. The number of carbonyl (C=O) groups is 1. The molecule has 2 aliphatic rings. The van der Waals surface area contributed by atoms with Crippen molar-refractivity contribution in [3.63, 3.8) is 0 Å². The van der Waals surface area contributed by atoms with Gasteiger partial charge in [-0.1, -0.05) is 13.8 Å². The highest BCUT2D eigenvalue weighted by atomic mass is 32.1. The van der Waals surface area contributed by atoms with Crippen LogP contribution in [-0.2, 0) is 4.74 Å². The number of amides is 1. The summed E-state index contributed by atoms with van der Waals surface area (Å²) in [6.07, 6.45) is 6.53. The zero-order valence-electron chi connectivity index (χ0n) is 20.6. The van der Waals surface area contributed by atoms with Crippen molar-refractivity contribution in [2.75, 3.05) is 50.8 Å². The number of carbonyl (C=O) groups excluding carboxylic acids is 1. The van der Waals surface area contributed by atoms with E-state index in [1.807, 2.05) is 13.8 Å². The molecule has 2 aliphatic heterocycles. The maximum atomic E-state index is 12.9. The summed E-state index contributed by atoms with van der Waals surface area (Å²) in [6, 6.07) is 0.102. The number of aromatic nitrogens is 2. The van der Waals surface area contributed by atoms with Crippen molar-refractivity contribution in [2.24, 2.45) is 5.92 Å². The molecule has 0 radical (unpaired) electrons. The molecule has 7 nitrogen and oxygen atoms in total. The van der Waals surface area contributed by atoms with E-state index in [1.165, 1.54) is 37.3 Å². The minimum absolute atomic E-state index is 0.00700. The molecule has 2 fully saturated rings. The fourth-order valence-electron chi connectivity index (χ4n) is 4.99. The Labute approximate surface area is 201 Å². The van der Waals surface area contributed by atoms with E-state index in [4.69, 9.17) is 9.72 Å². The number of rotatable bonds is 9. The third kappa shape index (κ3) is 5.84. The molecule has 2 aromatic rings. The number of anilines is 1. The van der Waals surface area contributed by atoms with Crippen molar-refractivity contribution < 1.29 is 9.53 Å². The molecule has 0 saturated carbocycles. The quantitative estimate of drug-likeness (QED) is 0.548. The van der Waals surface area contributed by atoms with Gasteiger partial charge in [0.25, 0.3) is 5.91 Å². The second kappa shape index (κ2) is 11.1. The Morgan fingerprint density at radius 3 is 2.55 bits per heavy atom. The molecule has 4 heterocycles. The summed E-state index contributed by atoms with van der Waals surface area (Å²) in [6.45, 7) is 15.5. The maximum Gasteiger partial charge on any atom is 0.261 e. The third-order valence-electron chi connectivity index (χ3n) is 6.73. The molecule has 33 heavy (non-hydrogen) atoms. The van der Waals surface area contributed by atoms with Crippen molar-refractivity contribution in [3.05, 3.63) is 16.8 Å². The highest BCUT2D eigenvalue weighted by Crippen LogP contribution is 2.40. The summed E-state index contributed by atoms with van der Waals surface area (Å²) in [5.41, 5.74) is 1.08. The standard InChI is InChI=1S/C25H39N5O2S/c1-17(2)20-21-23(26-16-27-25(21)33-22(20)24(31)28-18(3)4)30-11-7-19(8-12-30)15-32-14-13-29-9-5-6-10-29/h16-19H,5-15H2,1-4H3,(H,28,31). The average Bonchev–Trinajstić information content (AvgIpc) is 3.44. The lowest BCUT2D eigenvalue weighted by Crippen LogP contribution is -2.36. The molecule has 0 unspecified atom stereocenters. The molecule has 0 atom stereocenters. The second-order valence-electron chi connectivity index (χ2n) is 10.1. The van der Waals surface area contributed by atoms with Crippen LogP contribution in [0, 0.1) is 5.92 Å². The normalized spacial score (nSPS) is 18.2. The lowest BCUT2D eigenvalue weighted by atomic mass is 9.96. The maximum absolute atomic E-state index is 12.9. The Morgan fingerprint density at radius 1 is 1.15 bits per heavy atom. The zero-order chi connectivity index (χ0) is 23.4. The van der Waals surface area contributed by atoms with E-state index in [9.17, 15) is 4.79 Å². The summed E-state index contributed by atoms with van der Waals surface area (Å²) in [7, 11) is 0. The van der Waals surface area contributed by atoms with Gasteiger partial charge in [-0.3, -0.25) is 4.79 Å². The first-order valence-corrected chi connectivity index (χ1v) is 13.4. The van der Waals surface area contributed by atoms with Crippen molar-refractivity contribution >= 4 is 33.3 Å². The predicted molar refractivity (Wildman–Crippen MR) is 136 cm³/mol. The Morgan fingerprint density at radius 2 is 1.88 bits per heavy atom. The number of piperidine rings is 1. The number of ether oxygens (including phenoxy) is 1. The number of fused-ring (bicyclic) bond motifs is 1. The first kappa shape index (κ1) is 24.4. The molecular weight excluding hydrogens is 434 g/mol. The molecule has 1 N–H and O–H groups in total. The van der Waals surface area contributed by atoms with Crippen molar-refractivity contribution in [2.45, 2.75) is 65.3 Å². The monoisotopic (exact) mass is 473 g/mol. The van der Waals surface area contributed by atoms with Gasteiger partial charge in [-0.15, -0.1) is 11.3 Å². The highest BCUT2D eigenvalue weighted by Gasteiger charge is 2.28. The number of hydrogen-bond acceptors (Lipinski definition) is 7. The third-order valence-corrected chi connectivity index (χ3v) is 7.84. The van der Waals surface area contributed by atoms with E-state index in [0.717, 1.165) is 72.2 Å². The molecule has 1 amide bonds. The van der Waals surface area contributed by atoms with Crippen molar-refractivity contribution in [3.8, 4) is 0 Å². The van der Waals surface area contributed by atoms with E-state index in [-0.39, 0.29) is 17.9 Å². The van der Waals surface area contributed by atoms with E-state index in [1.54, 1.807) is 6.33 Å². The summed E-state index contributed by atoms with van der Waals surface area (Å²) in [4.78, 5) is 28.7. The van der Waals surface area contributed by atoms with Gasteiger partial charge in [-0.25, -0.2) is 9.97 Å². The first-order chi connectivity index (χ1) is 15.9. The minimum Gasteiger partial charge on any atom is -0.380 e.